The van der Waals surface area contributed by atoms with Gasteiger partial charge in [-0.25, -0.2) is 4.79 Å². The van der Waals surface area contributed by atoms with E-state index in [-0.39, 0.29) is 11.8 Å². The highest BCUT2D eigenvalue weighted by atomic mass is 16.3. The van der Waals surface area contributed by atoms with Gasteiger partial charge in [-0.1, -0.05) is 13.8 Å². The van der Waals surface area contributed by atoms with Gasteiger partial charge >= 0.3 is 6.03 Å². The standard InChI is InChI=1S/C14H27N3O3/c1-10(2)9-11(16-13(15)19)12(18)17-7-4-5-14(3,20)6-8-17/h10-11,20H,4-9H2,1-3H3,(H3,15,16,19). The van der Waals surface area contributed by atoms with E-state index in [1.54, 1.807) is 11.8 Å². The smallest absolute Gasteiger partial charge is 0.312 e. The molecule has 0 aromatic carbocycles. The fourth-order valence-corrected chi connectivity index (χ4v) is 2.57. The van der Waals surface area contributed by atoms with Crippen LogP contribution < -0.4 is 11.1 Å². The molecule has 6 nitrogen and oxygen atoms in total. The Morgan fingerprint density at radius 1 is 1.35 bits per heavy atom. The lowest BCUT2D eigenvalue weighted by Gasteiger charge is -2.27. The first-order chi connectivity index (χ1) is 9.21. The number of nitrogens with two attached hydrogens (primary N) is 1. The summed E-state index contributed by atoms with van der Waals surface area (Å²) < 4.78 is 0. The molecule has 1 rings (SSSR count). The molecule has 116 valence electrons. The van der Waals surface area contributed by atoms with Crippen molar-refractivity contribution in [2.45, 2.75) is 58.1 Å². The fraction of sp³-hybridized carbons (Fsp3) is 0.857. The number of carbonyl (C=O) groups excluding carboxylic acids is 2. The first kappa shape index (κ1) is 16.8. The third kappa shape index (κ3) is 5.36. The first-order valence-corrected chi connectivity index (χ1v) is 7.28. The second kappa shape index (κ2) is 6.92. The maximum Gasteiger partial charge on any atom is 0.312 e. The first-order valence-electron chi connectivity index (χ1n) is 7.28. The maximum atomic E-state index is 12.5. The summed E-state index contributed by atoms with van der Waals surface area (Å²) in [6, 6.07) is -1.25. The third-order valence-corrected chi connectivity index (χ3v) is 3.70. The van der Waals surface area contributed by atoms with E-state index < -0.39 is 17.7 Å². The van der Waals surface area contributed by atoms with Crippen LogP contribution >= 0.6 is 0 Å². The zero-order chi connectivity index (χ0) is 15.3. The molecule has 1 heterocycles. The van der Waals surface area contributed by atoms with E-state index >= 15 is 0 Å². The fourth-order valence-electron chi connectivity index (χ4n) is 2.57. The topological polar surface area (TPSA) is 95.7 Å². The number of likely N-dealkylation sites (tertiary alicyclic amines) is 1. The second-order valence-electron chi connectivity index (χ2n) is 6.37. The van der Waals surface area contributed by atoms with Crippen LogP contribution in [-0.2, 0) is 4.79 Å². The molecular formula is C14H27N3O3. The molecule has 0 saturated carbocycles. The third-order valence-electron chi connectivity index (χ3n) is 3.70. The number of hydrogen-bond donors (Lipinski definition) is 3. The Morgan fingerprint density at radius 2 is 2.00 bits per heavy atom. The van der Waals surface area contributed by atoms with E-state index in [0.717, 1.165) is 6.42 Å². The molecular weight excluding hydrogens is 258 g/mol. The van der Waals surface area contributed by atoms with Gasteiger partial charge in [0.15, 0.2) is 0 Å². The quantitative estimate of drug-likeness (QED) is 0.714. The molecule has 2 unspecified atom stereocenters. The summed E-state index contributed by atoms with van der Waals surface area (Å²) in [6.07, 6.45) is 2.58. The normalized spacial score (nSPS) is 25.1. The van der Waals surface area contributed by atoms with Crippen molar-refractivity contribution in [1.29, 1.82) is 0 Å². The van der Waals surface area contributed by atoms with Crippen molar-refractivity contribution in [2.24, 2.45) is 11.7 Å². The molecule has 6 heteroatoms. The number of rotatable bonds is 4. The molecule has 0 spiro atoms. The summed E-state index contributed by atoms with van der Waals surface area (Å²) in [5.41, 5.74) is 4.44. The van der Waals surface area contributed by atoms with E-state index in [2.05, 4.69) is 5.32 Å². The molecule has 0 aromatic heterocycles. The van der Waals surface area contributed by atoms with Gasteiger partial charge in [-0.2, -0.15) is 0 Å². The van der Waals surface area contributed by atoms with Crippen LogP contribution in [0, 0.1) is 5.92 Å². The van der Waals surface area contributed by atoms with E-state index in [1.165, 1.54) is 0 Å². The summed E-state index contributed by atoms with van der Waals surface area (Å²) in [5.74, 6) is 0.182. The Morgan fingerprint density at radius 3 is 2.55 bits per heavy atom. The van der Waals surface area contributed by atoms with Crippen molar-refractivity contribution < 1.29 is 14.7 Å². The molecule has 1 fully saturated rings. The van der Waals surface area contributed by atoms with Crippen LogP contribution in [0.15, 0.2) is 0 Å². The van der Waals surface area contributed by atoms with Crippen LogP contribution in [-0.4, -0.2) is 46.7 Å². The van der Waals surface area contributed by atoms with Crippen molar-refractivity contribution in [3.63, 3.8) is 0 Å². The van der Waals surface area contributed by atoms with E-state index in [4.69, 9.17) is 5.73 Å². The summed E-state index contributed by atoms with van der Waals surface area (Å²) in [6.45, 7) is 6.92. The molecule has 4 N–H and O–H groups in total. The molecule has 0 aliphatic carbocycles. The summed E-state index contributed by atoms with van der Waals surface area (Å²) in [7, 11) is 0. The molecule has 2 atom stereocenters. The van der Waals surface area contributed by atoms with Gasteiger partial charge in [0.2, 0.25) is 5.91 Å². The summed E-state index contributed by atoms with van der Waals surface area (Å²) in [4.78, 5) is 25.3. The van der Waals surface area contributed by atoms with Crippen molar-refractivity contribution in [2.75, 3.05) is 13.1 Å². The van der Waals surface area contributed by atoms with Gasteiger partial charge < -0.3 is 21.1 Å². The molecule has 0 radical (unpaired) electrons. The average Bonchev–Trinajstić information content (AvgIpc) is 2.47. The number of carbonyl (C=O) groups is 2. The number of nitrogens with zero attached hydrogens (tertiary/aromatic N) is 1. The van der Waals surface area contributed by atoms with Crippen LogP contribution in [0.3, 0.4) is 0 Å². The highest BCUT2D eigenvalue weighted by molar-refractivity contribution is 5.86. The summed E-state index contributed by atoms with van der Waals surface area (Å²) >= 11 is 0. The number of aliphatic hydroxyl groups is 1. The van der Waals surface area contributed by atoms with Crippen LogP contribution in [0.5, 0.6) is 0 Å². The highest BCUT2D eigenvalue weighted by Gasteiger charge is 2.31. The average molecular weight is 285 g/mol. The van der Waals surface area contributed by atoms with E-state index in [0.29, 0.717) is 32.4 Å². The van der Waals surface area contributed by atoms with Crippen LogP contribution in [0.25, 0.3) is 0 Å². The van der Waals surface area contributed by atoms with Gasteiger partial charge in [0, 0.05) is 13.1 Å². The number of amides is 3. The lowest BCUT2D eigenvalue weighted by Crippen LogP contribution is -2.51. The van der Waals surface area contributed by atoms with Gasteiger partial charge in [0.1, 0.15) is 6.04 Å². The van der Waals surface area contributed by atoms with Crippen molar-refractivity contribution >= 4 is 11.9 Å². The molecule has 3 amide bonds. The molecule has 1 saturated heterocycles. The minimum absolute atomic E-state index is 0.102. The zero-order valence-corrected chi connectivity index (χ0v) is 12.7. The highest BCUT2D eigenvalue weighted by Crippen LogP contribution is 2.22. The number of nitrogens with one attached hydrogen (secondary N) is 1. The Hall–Kier alpha value is -1.30. The monoisotopic (exact) mass is 285 g/mol. The van der Waals surface area contributed by atoms with Crippen molar-refractivity contribution in [1.82, 2.24) is 10.2 Å². The lowest BCUT2D eigenvalue weighted by molar-refractivity contribution is -0.133. The molecule has 1 aliphatic heterocycles. The van der Waals surface area contributed by atoms with Crippen LogP contribution in [0.4, 0.5) is 4.79 Å². The maximum absolute atomic E-state index is 12.5. The second-order valence-corrected chi connectivity index (χ2v) is 6.37. The minimum Gasteiger partial charge on any atom is -0.390 e. The molecule has 0 bridgehead atoms. The predicted molar refractivity (Wildman–Crippen MR) is 77.0 cm³/mol. The van der Waals surface area contributed by atoms with Gasteiger partial charge in [-0.3, -0.25) is 4.79 Å². The molecule has 0 aromatic rings. The Labute approximate surface area is 120 Å². The number of primary amides is 1. The molecule has 1 aliphatic rings. The largest absolute Gasteiger partial charge is 0.390 e. The van der Waals surface area contributed by atoms with Crippen molar-refractivity contribution in [3.8, 4) is 0 Å². The van der Waals surface area contributed by atoms with Gasteiger partial charge in [-0.05, 0) is 38.5 Å². The predicted octanol–water partition coefficient (Wildman–Crippen LogP) is 0.833. The van der Waals surface area contributed by atoms with Crippen molar-refractivity contribution in [3.05, 3.63) is 0 Å². The number of hydrogen-bond acceptors (Lipinski definition) is 3. The Kier molecular flexibility index (Phi) is 5.80. The minimum atomic E-state index is -0.709. The lowest BCUT2D eigenvalue weighted by atomic mass is 9.98. The van der Waals surface area contributed by atoms with Gasteiger partial charge in [0.25, 0.3) is 0 Å². The van der Waals surface area contributed by atoms with Gasteiger partial charge in [-0.15, -0.1) is 0 Å². The molecule has 20 heavy (non-hydrogen) atoms. The van der Waals surface area contributed by atoms with Crippen LogP contribution in [0.2, 0.25) is 0 Å². The van der Waals surface area contributed by atoms with Gasteiger partial charge in [0.05, 0.1) is 5.60 Å². The van der Waals surface area contributed by atoms with E-state index in [9.17, 15) is 14.7 Å². The Bertz CT molecular complexity index is 356. The Balaban J connectivity index is 2.70. The van der Waals surface area contributed by atoms with Crippen LogP contribution in [0.1, 0.15) is 46.5 Å². The van der Waals surface area contributed by atoms with E-state index in [1.807, 2.05) is 13.8 Å². The number of urea groups is 1. The SMILES string of the molecule is CC(C)CC(NC(N)=O)C(=O)N1CCCC(C)(O)CC1. The summed E-state index contributed by atoms with van der Waals surface area (Å²) in [5, 5.41) is 12.6. The zero-order valence-electron chi connectivity index (χ0n) is 12.7.